The Bertz CT molecular complexity index is 785. The molecule has 8 heteroatoms. The maximum atomic E-state index is 12.4. The van der Waals surface area contributed by atoms with Crippen LogP contribution in [-0.2, 0) is 9.84 Å². The van der Waals surface area contributed by atoms with Gasteiger partial charge in [0, 0.05) is 31.5 Å². The molecule has 3 heterocycles. The van der Waals surface area contributed by atoms with Gasteiger partial charge in [-0.2, -0.15) is 5.10 Å². The molecule has 1 aliphatic rings. The molecule has 1 amide bonds. The molecule has 1 N–H and O–H groups in total. The van der Waals surface area contributed by atoms with E-state index < -0.39 is 9.84 Å². The number of carbonyl (C=O) groups excluding carboxylic acids is 1. The molecular formula is C14H16N4O3S. The summed E-state index contributed by atoms with van der Waals surface area (Å²) in [7, 11) is -3.33. The van der Waals surface area contributed by atoms with Crippen LogP contribution >= 0.6 is 0 Å². The Balaban J connectivity index is 1.79. The third-order valence-corrected chi connectivity index (χ3v) is 4.92. The molecule has 3 rings (SSSR count). The van der Waals surface area contributed by atoms with Crippen molar-refractivity contribution >= 4 is 15.7 Å². The van der Waals surface area contributed by atoms with Crippen molar-refractivity contribution < 1.29 is 13.2 Å². The van der Waals surface area contributed by atoms with Gasteiger partial charge in [-0.15, -0.1) is 0 Å². The highest BCUT2D eigenvalue weighted by atomic mass is 32.2. The summed E-state index contributed by atoms with van der Waals surface area (Å²) in [5.74, 6) is -0.191. The van der Waals surface area contributed by atoms with E-state index in [1.54, 1.807) is 29.3 Å². The van der Waals surface area contributed by atoms with Gasteiger partial charge in [0.15, 0.2) is 9.84 Å². The largest absolute Gasteiger partial charge is 0.337 e. The third kappa shape index (κ3) is 2.74. The number of hydrogen-bond acceptors (Lipinski definition) is 5. The molecule has 1 atom stereocenters. The molecule has 0 aromatic carbocycles. The molecule has 0 spiro atoms. The lowest BCUT2D eigenvalue weighted by molar-refractivity contribution is 0.0785. The molecule has 116 valence electrons. The number of amides is 1. The number of likely N-dealkylation sites (tertiary alicyclic amines) is 1. The van der Waals surface area contributed by atoms with Crippen LogP contribution in [0.4, 0.5) is 0 Å². The van der Waals surface area contributed by atoms with E-state index in [1.165, 1.54) is 6.20 Å². The van der Waals surface area contributed by atoms with Gasteiger partial charge >= 0.3 is 0 Å². The minimum Gasteiger partial charge on any atom is -0.337 e. The smallest absolute Gasteiger partial charge is 0.272 e. The average Bonchev–Trinajstić information content (AvgIpc) is 3.15. The predicted octanol–water partition coefficient (Wildman–Crippen LogP) is 0.838. The fourth-order valence-corrected chi connectivity index (χ4v) is 3.56. The molecule has 0 saturated carbocycles. The summed E-state index contributed by atoms with van der Waals surface area (Å²) in [5, 5.41) is 6.61. The molecule has 7 nitrogen and oxygen atoms in total. The number of carbonyl (C=O) groups is 1. The normalized spacial score (nSPS) is 18.6. The SMILES string of the molecule is CS(=O)(=O)c1cn[nH]c1[C@@H]1CCN(C(=O)c2ccccn2)C1. The topological polar surface area (TPSA) is 96.0 Å². The summed E-state index contributed by atoms with van der Waals surface area (Å²) < 4.78 is 23.5. The van der Waals surface area contributed by atoms with E-state index in [9.17, 15) is 13.2 Å². The van der Waals surface area contributed by atoms with Crippen LogP contribution in [0.5, 0.6) is 0 Å². The molecule has 0 radical (unpaired) electrons. The van der Waals surface area contributed by atoms with Gasteiger partial charge in [-0.05, 0) is 18.6 Å². The highest BCUT2D eigenvalue weighted by Gasteiger charge is 2.32. The van der Waals surface area contributed by atoms with E-state index in [1.807, 2.05) is 0 Å². The van der Waals surface area contributed by atoms with Gasteiger partial charge in [-0.1, -0.05) is 6.07 Å². The van der Waals surface area contributed by atoms with E-state index in [0.717, 1.165) is 6.26 Å². The fraction of sp³-hybridized carbons (Fsp3) is 0.357. The van der Waals surface area contributed by atoms with Crippen LogP contribution in [0, 0.1) is 0 Å². The van der Waals surface area contributed by atoms with Crippen molar-refractivity contribution in [1.82, 2.24) is 20.1 Å². The van der Waals surface area contributed by atoms with E-state index >= 15 is 0 Å². The number of sulfone groups is 1. The van der Waals surface area contributed by atoms with Crippen LogP contribution in [0.1, 0.15) is 28.5 Å². The Kier molecular flexibility index (Phi) is 3.69. The second-order valence-corrected chi connectivity index (χ2v) is 7.36. The number of hydrogen-bond donors (Lipinski definition) is 1. The lowest BCUT2D eigenvalue weighted by Crippen LogP contribution is -2.29. The van der Waals surface area contributed by atoms with Crippen LogP contribution in [0.3, 0.4) is 0 Å². The predicted molar refractivity (Wildman–Crippen MR) is 79.2 cm³/mol. The number of aromatic amines is 1. The van der Waals surface area contributed by atoms with Gasteiger partial charge in [0.25, 0.3) is 5.91 Å². The number of aromatic nitrogens is 3. The summed E-state index contributed by atoms with van der Waals surface area (Å²) in [6.45, 7) is 1.03. The minimum atomic E-state index is -3.33. The summed E-state index contributed by atoms with van der Waals surface area (Å²) >= 11 is 0. The average molecular weight is 320 g/mol. The summed E-state index contributed by atoms with van der Waals surface area (Å²) in [4.78, 5) is 18.3. The first-order valence-corrected chi connectivity index (χ1v) is 8.79. The molecule has 0 aliphatic carbocycles. The molecule has 1 saturated heterocycles. The summed E-state index contributed by atoms with van der Waals surface area (Å²) in [5.41, 5.74) is 0.981. The van der Waals surface area contributed by atoms with Gasteiger partial charge in [-0.25, -0.2) is 8.42 Å². The zero-order chi connectivity index (χ0) is 15.7. The number of nitrogens with one attached hydrogen (secondary N) is 1. The number of nitrogens with zero attached hydrogens (tertiary/aromatic N) is 3. The molecule has 1 fully saturated rings. The first kappa shape index (κ1) is 14.7. The number of rotatable bonds is 3. The molecule has 0 unspecified atom stereocenters. The van der Waals surface area contributed by atoms with Gasteiger partial charge in [0.2, 0.25) is 0 Å². The van der Waals surface area contributed by atoms with Crippen molar-refractivity contribution in [3.05, 3.63) is 42.0 Å². The molecular weight excluding hydrogens is 304 g/mol. The molecule has 22 heavy (non-hydrogen) atoms. The van der Waals surface area contributed by atoms with E-state index in [-0.39, 0.29) is 16.7 Å². The van der Waals surface area contributed by atoms with Crippen LogP contribution in [0.25, 0.3) is 0 Å². The number of H-pyrrole nitrogens is 1. The Hall–Kier alpha value is -2.22. The summed E-state index contributed by atoms with van der Waals surface area (Å²) in [6.07, 6.45) is 4.77. The summed E-state index contributed by atoms with van der Waals surface area (Å²) in [6, 6.07) is 5.20. The lowest BCUT2D eigenvalue weighted by Gasteiger charge is -2.16. The quantitative estimate of drug-likeness (QED) is 0.904. The third-order valence-electron chi connectivity index (χ3n) is 3.80. The Morgan fingerprint density at radius 1 is 1.41 bits per heavy atom. The Labute approximate surface area is 128 Å². The van der Waals surface area contributed by atoms with Gasteiger partial charge in [0.05, 0.1) is 11.9 Å². The van der Waals surface area contributed by atoms with Crippen LogP contribution in [0.15, 0.2) is 35.5 Å². The first-order chi connectivity index (χ1) is 10.5. The van der Waals surface area contributed by atoms with E-state index in [2.05, 4.69) is 15.2 Å². The fourth-order valence-electron chi connectivity index (χ4n) is 2.70. The van der Waals surface area contributed by atoms with Crippen molar-refractivity contribution in [2.45, 2.75) is 17.2 Å². The molecule has 1 aliphatic heterocycles. The molecule has 2 aromatic rings. The van der Waals surface area contributed by atoms with Crippen molar-refractivity contribution in [2.75, 3.05) is 19.3 Å². The van der Waals surface area contributed by atoms with Gasteiger partial charge in [-0.3, -0.25) is 14.9 Å². The van der Waals surface area contributed by atoms with Gasteiger partial charge in [0.1, 0.15) is 10.6 Å². The standard InChI is InChI=1S/C14H16N4O3S/c1-22(20,21)12-8-16-17-13(12)10-5-7-18(9-10)14(19)11-4-2-3-6-15-11/h2-4,6,8,10H,5,7,9H2,1H3,(H,16,17)/t10-/m1/s1. The zero-order valence-electron chi connectivity index (χ0n) is 12.1. The second-order valence-electron chi connectivity index (χ2n) is 5.37. The van der Waals surface area contributed by atoms with Crippen molar-refractivity contribution in [3.63, 3.8) is 0 Å². The van der Waals surface area contributed by atoms with Gasteiger partial charge < -0.3 is 4.90 Å². The lowest BCUT2D eigenvalue weighted by atomic mass is 10.1. The second kappa shape index (κ2) is 5.53. The van der Waals surface area contributed by atoms with Crippen LogP contribution < -0.4 is 0 Å². The molecule has 2 aromatic heterocycles. The first-order valence-electron chi connectivity index (χ1n) is 6.90. The maximum absolute atomic E-state index is 12.4. The van der Waals surface area contributed by atoms with Crippen molar-refractivity contribution in [2.24, 2.45) is 0 Å². The number of pyridine rings is 1. The monoisotopic (exact) mass is 320 g/mol. The highest BCUT2D eigenvalue weighted by Crippen LogP contribution is 2.30. The zero-order valence-corrected chi connectivity index (χ0v) is 12.9. The maximum Gasteiger partial charge on any atom is 0.272 e. The Morgan fingerprint density at radius 3 is 2.91 bits per heavy atom. The molecule has 0 bridgehead atoms. The van der Waals surface area contributed by atoms with Crippen LogP contribution in [-0.4, -0.2) is 53.8 Å². The Morgan fingerprint density at radius 2 is 2.23 bits per heavy atom. The van der Waals surface area contributed by atoms with E-state index in [4.69, 9.17) is 0 Å². The van der Waals surface area contributed by atoms with Crippen LogP contribution in [0.2, 0.25) is 0 Å². The van der Waals surface area contributed by atoms with Crippen molar-refractivity contribution in [3.8, 4) is 0 Å². The minimum absolute atomic E-state index is 0.0557. The van der Waals surface area contributed by atoms with E-state index in [0.29, 0.717) is 30.9 Å². The van der Waals surface area contributed by atoms with Crippen molar-refractivity contribution in [1.29, 1.82) is 0 Å². The highest BCUT2D eigenvalue weighted by molar-refractivity contribution is 7.90.